The number of nitrogens with zero attached hydrogens (tertiary/aromatic N) is 1. The van der Waals surface area contributed by atoms with Crippen LogP contribution in [0.25, 0.3) is 0 Å². The van der Waals surface area contributed by atoms with Crippen LogP contribution in [-0.4, -0.2) is 36.9 Å². The summed E-state index contributed by atoms with van der Waals surface area (Å²) in [7, 11) is 1.49. The Morgan fingerprint density at radius 3 is 2.24 bits per heavy atom. The van der Waals surface area contributed by atoms with Crippen LogP contribution in [0.1, 0.15) is 15.9 Å². The Bertz CT molecular complexity index is 731. The minimum atomic E-state index is -2.92. The van der Waals surface area contributed by atoms with Crippen molar-refractivity contribution in [1.29, 1.82) is 0 Å². The van der Waals surface area contributed by atoms with Crippen LogP contribution in [0, 0.1) is 6.92 Å². The van der Waals surface area contributed by atoms with Gasteiger partial charge in [0.1, 0.15) is 5.75 Å². The van der Waals surface area contributed by atoms with Gasteiger partial charge in [0.05, 0.1) is 6.54 Å². The highest BCUT2D eigenvalue weighted by atomic mass is 19.3. The van der Waals surface area contributed by atoms with Crippen molar-refractivity contribution in [3.63, 3.8) is 0 Å². The van der Waals surface area contributed by atoms with E-state index in [1.54, 1.807) is 12.1 Å². The van der Waals surface area contributed by atoms with E-state index in [1.165, 1.54) is 36.2 Å². The van der Waals surface area contributed by atoms with Gasteiger partial charge in [-0.25, -0.2) is 0 Å². The molecule has 7 heteroatoms. The molecule has 5 nitrogen and oxygen atoms in total. The fourth-order valence-corrected chi connectivity index (χ4v) is 2.12. The fraction of sp³-hybridized carbons (Fsp3) is 0.222. The van der Waals surface area contributed by atoms with Gasteiger partial charge >= 0.3 is 6.61 Å². The summed E-state index contributed by atoms with van der Waals surface area (Å²) < 4.78 is 28.4. The molecule has 0 radical (unpaired) electrons. The molecule has 0 aliphatic carbocycles. The largest absolute Gasteiger partial charge is 0.435 e. The lowest BCUT2D eigenvalue weighted by molar-refractivity contribution is -0.116. The van der Waals surface area contributed by atoms with Crippen LogP contribution in [0.2, 0.25) is 0 Å². The quantitative estimate of drug-likeness (QED) is 0.871. The number of likely N-dealkylation sites (N-methyl/N-ethyl adjacent to an activating group) is 1. The van der Waals surface area contributed by atoms with E-state index in [2.05, 4.69) is 10.1 Å². The van der Waals surface area contributed by atoms with Gasteiger partial charge in [0.25, 0.3) is 5.91 Å². The van der Waals surface area contributed by atoms with Crippen molar-refractivity contribution in [2.45, 2.75) is 13.5 Å². The fourth-order valence-electron chi connectivity index (χ4n) is 2.12. The molecule has 0 bridgehead atoms. The number of anilines is 1. The van der Waals surface area contributed by atoms with Crippen molar-refractivity contribution in [3.8, 4) is 5.75 Å². The molecule has 0 saturated carbocycles. The maximum absolute atomic E-state index is 12.3. The number of aryl methyl sites for hydroxylation is 1. The standard InChI is InChI=1S/C18H18F2N2O3/c1-12-3-7-14(8-4-12)21-16(23)11-22(2)17(24)13-5-9-15(10-6-13)25-18(19)20/h3-10,18H,11H2,1-2H3,(H,21,23). The molecule has 132 valence electrons. The number of rotatable bonds is 6. The first-order valence-corrected chi connectivity index (χ1v) is 7.52. The Labute approximate surface area is 144 Å². The van der Waals surface area contributed by atoms with Crippen molar-refractivity contribution < 1.29 is 23.1 Å². The summed E-state index contributed by atoms with van der Waals surface area (Å²) in [6, 6.07) is 12.6. The molecule has 2 amide bonds. The third-order valence-electron chi connectivity index (χ3n) is 3.39. The Kier molecular flexibility index (Phi) is 6.05. The summed E-state index contributed by atoms with van der Waals surface area (Å²) in [4.78, 5) is 25.5. The first-order valence-electron chi connectivity index (χ1n) is 7.52. The summed E-state index contributed by atoms with van der Waals surface area (Å²) in [5.74, 6) is -0.772. The van der Waals surface area contributed by atoms with Crippen LogP contribution in [-0.2, 0) is 4.79 Å². The maximum atomic E-state index is 12.3. The molecule has 1 N–H and O–H groups in total. The zero-order chi connectivity index (χ0) is 18.4. The molecule has 0 heterocycles. The highest BCUT2D eigenvalue weighted by Gasteiger charge is 2.15. The van der Waals surface area contributed by atoms with Crippen molar-refractivity contribution in [1.82, 2.24) is 4.90 Å². The van der Waals surface area contributed by atoms with Crippen LogP contribution in [0.3, 0.4) is 0 Å². The summed E-state index contributed by atoms with van der Waals surface area (Å²) in [5.41, 5.74) is 1.99. The van der Waals surface area contributed by atoms with E-state index in [-0.39, 0.29) is 23.8 Å². The zero-order valence-electron chi connectivity index (χ0n) is 13.8. The van der Waals surface area contributed by atoms with Crippen LogP contribution in [0.15, 0.2) is 48.5 Å². The average Bonchev–Trinajstić information content (AvgIpc) is 2.56. The van der Waals surface area contributed by atoms with Crippen LogP contribution < -0.4 is 10.1 Å². The summed E-state index contributed by atoms with van der Waals surface area (Å²) in [5, 5.41) is 2.70. The first kappa shape index (κ1) is 18.4. The van der Waals surface area contributed by atoms with Gasteiger partial charge in [-0.15, -0.1) is 0 Å². The molecule has 0 saturated heterocycles. The molecule has 25 heavy (non-hydrogen) atoms. The summed E-state index contributed by atoms with van der Waals surface area (Å²) in [6.45, 7) is -1.12. The third-order valence-corrected chi connectivity index (χ3v) is 3.39. The van der Waals surface area contributed by atoms with Gasteiger partial charge in [0, 0.05) is 18.3 Å². The van der Waals surface area contributed by atoms with Crippen molar-refractivity contribution >= 4 is 17.5 Å². The number of halogens is 2. The van der Waals surface area contributed by atoms with Gasteiger partial charge in [0.15, 0.2) is 0 Å². The first-order chi connectivity index (χ1) is 11.8. The van der Waals surface area contributed by atoms with Gasteiger partial charge in [0.2, 0.25) is 5.91 Å². The Morgan fingerprint density at radius 2 is 1.68 bits per heavy atom. The normalized spacial score (nSPS) is 10.4. The van der Waals surface area contributed by atoms with Gasteiger partial charge in [-0.05, 0) is 43.3 Å². The molecule has 0 aliphatic heterocycles. The lowest BCUT2D eigenvalue weighted by Crippen LogP contribution is -2.34. The van der Waals surface area contributed by atoms with E-state index >= 15 is 0 Å². The Hall–Kier alpha value is -2.96. The number of alkyl halides is 2. The number of benzene rings is 2. The molecular formula is C18H18F2N2O3. The van der Waals surface area contributed by atoms with Crippen LogP contribution in [0.4, 0.5) is 14.5 Å². The monoisotopic (exact) mass is 348 g/mol. The lowest BCUT2D eigenvalue weighted by atomic mass is 10.2. The SMILES string of the molecule is Cc1ccc(NC(=O)CN(C)C(=O)c2ccc(OC(F)F)cc2)cc1. The van der Waals surface area contributed by atoms with Gasteiger partial charge in [-0.1, -0.05) is 17.7 Å². The predicted molar refractivity (Wildman–Crippen MR) is 89.8 cm³/mol. The number of nitrogens with one attached hydrogen (secondary N) is 1. The molecule has 0 fully saturated rings. The van der Waals surface area contributed by atoms with Gasteiger partial charge in [-0.3, -0.25) is 9.59 Å². The van der Waals surface area contributed by atoms with Crippen LogP contribution >= 0.6 is 0 Å². The minimum Gasteiger partial charge on any atom is -0.435 e. The highest BCUT2D eigenvalue weighted by Crippen LogP contribution is 2.16. The second kappa shape index (κ2) is 8.23. The highest BCUT2D eigenvalue weighted by molar-refractivity contribution is 5.99. The van der Waals surface area contributed by atoms with E-state index in [1.807, 2.05) is 19.1 Å². The topological polar surface area (TPSA) is 58.6 Å². The Morgan fingerprint density at radius 1 is 1.08 bits per heavy atom. The second-order valence-corrected chi connectivity index (χ2v) is 5.48. The van der Waals surface area contributed by atoms with E-state index in [4.69, 9.17) is 0 Å². The maximum Gasteiger partial charge on any atom is 0.387 e. The number of carbonyl (C=O) groups is 2. The number of carbonyl (C=O) groups excluding carboxylic acids is 2. The molecule has 0 aliphatic rings. The minimum absolute atomic E-state index is 0.0358. The molecule has 2 aromatic rings. The Balaban J connectivity index is 1.92. The molecule has 0 aromatic heterocycles. The molecule has 0 spiro atoms. The van der Waals surface area contributed by atoms with Gasteiger partial charge in [-0.2, -0.15) is 8.78 Å². The van der Waals surface area contributed by atoms with E-state index < -0.39 is 12.5 Å². The van der Waals surface area contributed by atoms with Crippen molar-refractivity contribution in [2.75, 3.05) is 18.9 Å². The lowest BCUT2D eigenvalue weighted by Gasteiger charge is -2.17. The average molecular weight is 348 g/mol. The van der Waals surface area contributed by atoms with Crippen molar-refractivity contribution in [3.05, 3.63) is 59.7 Å². The smallest absolute Gasteiger partial charge is 0.387 e. The van der Waals surface area contributed by atoms with Crippen molar-refractivity contribution in [2.24, 2.45) is 0 Å². The molecular weight excluding hydrogens is 330 g/mol. The molecule has 0 unspecified atom stereocenters. The van der Waals surface area contributed by atoms with Crippen LogP contribution in [0.5, 0.6) is 5.75 Å². The third kappa shape index (κ3) is 5.56. The summed E-state index contributed by atoms with van der Waals surface area (Å²) >= 11 is 0. The number of amides is 2. The van der Waals surface area contributed by atoms with E-state index in [9.17, 15) is 18.4 Å². The number of ether oxygens (including phenoxy) is 1. The van der Waals surface area contributed by atoms with E-state index in [0.29, 0.717) is 5.69 Å². The van der Waals surface area contributed by atoms with E-state index in [0.717, 1.165) is 5.56 Å². The summed E-state index contributed by atoms with van der Waals surface area (Å²) in [6.07, 6.45) is 0. The molecule has 2 rings (SSSR count). The second-order valence-electron chi connectivity index (χ2n) is 5.48. The molecule has 0 atom stereocenters. The zero-order valence-corrected chi connectivity index (χ0v) is 13.8. The predicted octanol–water partition coefficient (Wildman–Crippen LogP) is 3.31. The number of hydrogen-bond donors (Lipinski definition) is 1. The van der Waals surface area contributed by atoms with Gasteiger partial charge < -0.3 is 15.0 Å². The molecule has 2 aromatic carbocycles. The number of hydrogen-bond acceptors (Lipinski definition) is 3.